The Morgan fingerprint density at radius 3 is 2.45 bits per heavy atom. The molecule has 4 heteroatoms. The number of nitrogens with zero attached hydrogens (tertiary/aromatic N) is 1. The highest BCUT2D eigenvalue weighted by Gasteiger charge is 2.40. The van der Waals surface area contributed by atoms with Crippen molar-refractivity contribution in [1.29, 1.82) is 0 Å². The average molecular weight is 281 g/mol. The molecule has 2 unspecified atom stereocenters. The first kappa shape index (κ1) is 15.8. The monoisotopic (exact) mass is 281 g/mol. The van der Waals surface area contributed by atoms with Crippen LogP contribution in [0.4, 0.5) is 0 Å². The van der Waals surface area contributed by atoms with Crippen molar-refractivity contribution in [2.45, 2.75) is 71.0 Å². The minimum Gasteiger partial charge on any atom is -0.355 e. The van der Waals surface area contributed by atoms with Crippen LogP contribution in [-0.4, -0.2) is 48.6 Å². The molecule has 0 saturated carbocycles. The maximum atomic E-state index is 12.0. The molecule has 1 amide bonds. The molecule has 0 aromatic rings. The Bertz CT molecular complexity index is 305. The van der Waals surface area contributed by atoms with Gasteiger partial charge in [0.1, 0.15) is 0 Å². The van der Waals surface area contributed by atoms with Gasteiger partial charge in [0.15, 0.2) is 0 Å². The van der Waals surface area contributed by atoms with Crippen molar-refractivity contribution in [2.24, 2.45) is 5.92 Å². The van der Waals surface area contributed by atoms with E-state index in [1.807, 2.05) is 0 Å². The molecule has 2 aliphatic heterocycles. The summed E-state index contributed by atoms with van der Waals surface area (Å²) in [6.45, 7) is 9.00. The maximum absolute atomic E-state index is 12.0. The van der Waals surface area contributed by atoms with Gasteiger partial charge in [-0.05, 0) is 44.6 Å². The van der Waals surface area contributed by atoms with E-state index < -0.39 is 0 Å². The number of piperidine rings is 1. The molecule has 2 fully saturated rings. The summed E-state index contributed by atoms with van der Waals surface area (Å²) in [5, 5.41) is 6.71. The van der Waals surface area contributed by atoms with Crippen LogP contribution in [0.5, 0.6) is 0 Å². The van der Waals surface area contributed by atoms with Gasteiger partial charge in [0.2, 0.25) is 5.91 Å². The quantitative estimate of drug-likeness (QED) is 0.747. The second-order valence-electron chi connectivity index (χ2n) is 6.88. The van der Waals surface area contributed by atoms with Gasteiger partial charge in [-0.1, -0.05) is 20.8 Å². The molecule has 0 radical (unpaired) electrons. The SMILES string of the molecule is CCCNC1CC2CCC(C1)N2CC(=O)NCC(C)C. The van der Waals surface area contributed by atoms with Crippen LogP contribution in [0.2, 0.25) is 0 Å². The molecule has 2 atom stereocenters. The highest BCUT2D eigenvalue weighted by atomic mass is 16.2. The van der Waals surface area contributed by atoms with E-state index in [1.165, 1.54) is 32.1 Å². The lowest BCUT2D eigenvalue weighted by Gasteiger charge is -2.38. The maximum Gasteiger partial charge on any atom is 0.234 e. The van der Waals surface area contributed by atoms with E-state index in [2.05, 4.69) is 36.3 Å². The van der Waals surface area contributed by atoms with Crippen molar-refractivity contribution in [2.75, 3.05) is 19.6 Å². The molecule has 4 nitrogen and oxygen atoms in total. The number of nitrogens with one attached hydrogen (secondary N) is 2. The molecule has 2 saturated heterocycles. The molecule has 2 N–H and O–H groups in total. The number of hydrogen-bond donors (Lipinski definition) is 2. The average Bonchev–Trinajstić information content (AvgIpc) is 2.64. The highest BCUT2D eigenvalue weighted by molar-refractivity contribution is 5.78. The van der Waals surface area contributed by atoms with Crippen molar-refractivity contribution in [3.63, 3.8) is 0 Å². The third kappa shape index (κ3) is 4.19. The molecule has 20 heavy (non-hydrogen) atoms. The molecular weight excluding hydrogens is 250 g/mol. The number of rotatable bonds is 7. The Morgan fingerprint density at radius 1 is 1.25 bits per heavy atom. The molecule has 0 aromatic heterocycles. The molecule has 116 valence electrons. The van der Waals surface area contributed by atoms with Gasteiger partial charge in [-0.2, -0.15) is 0 Å². The number of carbonyl (C=O) groups is 1. The lowest BCUT2D eigenvalue weighted by Crippen LogP contribution is -2.52. The number of amides is 1. The minimum atomic E-state index is 0.204. The van der Waals surface area contributed by atoms with Gasteiger partial charge in [-0.3, -0.25) is 9.69 Å². The van der Waals surface area contributed by atoms with Crippen LogP contribution in [0.1, 0.15) is 52.9 Å². The van der Waals surface area contributed by atoms with Gasteiger partial charge < -0.3 is 10.6 Å². The summed E-state index contributed by atoms with van der Waals surface area (Å²) in [7, 11) is 0. The van der Waals surface area contributed by atoms with E-state index in [1.54, 1.807) is 0 Å². The normalized spacial score (nSPS) is 29.9. The lowest BCUT2D eigenvalue weighted by molar-refractivity contribution is -0.123. The van der Waals surface area contributed by atoms with Gasteiger partial charge in [-0.25, -0.2) is 0 Å². The first-order chi connectivity index (χ1) is 9.60. The Labute approximate surface area is 123 Å². The number of carbonyl (C=O) groups excluding carboxylic acids is 1. The fourth-order valence-electron chi connectivity index (χ4n) is 3.59. The molecule has 2 rings (SSSR count). The largest absolute Gasteiger partial charge is 0.355 e. The molecule has 2 bridgehead atoms. The van der Waals surface area contributed by atoms with E-state index >= 15 is 0 Å². The Balaban J connectivity index is 1.78. The first-order valence-corrected chi connectivity index (χ1v) is 8.36. The number of hydrogen-bond acceptors (Lipinski definition) is 3. The van der Waals surface area contributed by atoms with E-state index in [4.69, 9.17) is 0 Å². The third-order valence-corrected chi connectivity index (χ3v) is 4.60. The van der Waals surface area contributed by atoms with Crippen LogP contribution in [-0.2, 0) is 4.79 Å². The van der Waals surface area contributed by atoms with Crippen molar-refractivity contribution in [3.05, 3.63) is 0 Å². The predicted molar refractivity (Wildman–Crippen MR) is 82.7 cm³/mol. The van der Waals surface area contributed by atoms with Crippen LogP contribution in [0.25, 0.3) is 0 Å². The standard InChI is InChI=1S/C16H31N3O/c1-4-7-17-13-8-14-5-6-15(9-13)19(14)11-16(20)18-10-12(2)3/h12-15,17H,4-11H2,1-3H3,(H,18,20). The van der Waals surface area contributed by atoms with E-state index in [0.717, 1.165) is 13.1 Å². The lowest BCUT2D eigenvalue weighted by atomic mass is 9.97. The van der Waals surface area contributed by atoms with Gasteiger partial charge >= 0.3 is 0 Å². The van der Waals surface area contributed by atoms with Crippen LogP contribution >= 0.6 is 0 Å². The zero-order valence-corrected chi connectivity index (χ0v) is 13.3. The highest BCUT2D eigenvalue weighted by Crippen LogP contribution is 2.35. The van der Waals surface area contributed by atoms with Crippen molar-refractivity contribution < 1.29 is 4.79 Å². The molecular formula is C16H31N3O. The van der Waals surface area contributed by atoms with Crippen molar-refractivity contribution in [3.8, 4) is 0 Å². The fourth-order valence-corrected chi connectivity index (χ4v) is 3.59. The van der Waals surface area contributed by atoms with Gasteiger partial charge in [0, 0.05) is 24.7 Å². The summed E-state index contributed by atoms with van der Waals surface area (Å²) in [6, 6.07) is 1.91. The first-order valence-electron chi connectivity index (χ1n) is 8.36. The molecule has 0 spiro atoms. The van der Waals surface area contributed by atoms with Gasteiger partial charge in [0.05, 0.1) is 6.54 Å². The van der Waals surface area contributed by atoms with E-state index in [-0.39, 0.29) is 5.91 Å². The Hall–Kier alpha value is -0.610. The second kappa shape index (κ2) is 7.41. The number of fused-ring (bicyclic) bond motifs is 2. The summed E-state index contributed by atoms with van der Waals surface area (Å²) in [5.74, 6) is 0.732. The van der Waals surface area contributed by atoms with Gasteiger partial charge in [-0.15, -0.1) is 0 Å². The summed E-state index contributed by atoms with van der Waals surface area (Å²) >= 11 is 0. The van der Waals surface area contributed by atoms with Crippen LogP contribution < -0.4 is 10.6 Å². The summed E-state index contributed by atoms with van der Waals surface area (Å²) < 4.78 is 0. The Kier molecular flexibility index (Phi) is 5.85. The molecule has 2 heterocycles. The summed E-state index contributed by atoms with van der Waals surface area (Å²) in [5.41, 5.74) is 0. The van der Waals surface area contributed by atoms with Crippen molar-refractivity contribution >= 4 is 5.91 Å². The fraction of sp³-hybridized carbons (Fsp3) is 0.938. The molecule has 0 aliphatic carbocycles. The smallest absolute Gasteiger partial charge is 0.234 e. The summed E-state index contributed by atoms with van der Waals surface area (Å²) in [6.07, 6.45) is 6.17. The van der Waals surface area contributed by atoms with Crippen LogP contribution in [0.15, 0.2) is 0 Å². The second-order valence-corrected chi connectivity index (χ2v) is 6.88. The van der Waals surface area contributed by atoms with E-state index in [9.17, 15) is 4.79 Å². The van der Waals surface area contributed by atoms with Crippen LogP contribution in [0, 0.1) is 5.92 Å². The zero-order chi connectivity index (χ0) is 14.5. The Morgan fingerprint density at radius 2 is 1.90 bits per heavy atom. The van der Waals surface area contributed by atoms with Crippen molar-refractivity contribution in [1.82, 2.24) is 15.5 Å². The minimum absolute atomic E-state index is 0.204. The zero-order valence-electron chi connectivity index (χ0n) is 13.3. The van der Waals surface area contributed by atoms with Crippen LogP contribution in [0.3, 0.4) is 0 Å². The van der Waals surface area contributed by atoms with Gasteiger partial charge in [0.25, 0.3) is 0 Å². The molecule has 2 aliphatic rings. The van der Waals surface area contributed by atoms with E-state index in [0.29, 0.717) is 30.6 Å². The molecule has 0 aromatic carbocycles. The topological polar surface area (TPSA) is 44.4 Å². The third-order valence-electron chi connectivity index (χ3n) is 4.60. The predicted octanol–water partition coefficient (Wildman–Crippen LogP) is 1.75. The summed E-state index contributed by atoms with van der Waals surface area (Å²) in [4.78, 5) is 14.5.